The monoisotopic (exact) mass is 243 g/mol. The molecule has 1 aliphatic carbocycles. The van der Waals surface area contributed by atoms with E-state index in [2.05, 4.69) is 33.0 Å². The summed E-state index contributed by atoms with van der Waals surface area (Å²) in [5, 5.41) is 3.66. The summed E-state index contributed by atoms with van der Waals surface area (Å²) < 4.78 is 10.6. The Morgan fingerprint density at radius 3 is 2.24 bits per heavy atom. The molecule has 0 aromatic carbocycles. The van der Waals surface area contributed by atoms with E-state index in [0.717, 1.165) is 5.92 Å². The summed E-state index contributed by atoms with van der Waals surface area (Å²) in [4.78, 5) is 0. The molecule has 1 N–H and O–H groups in total. The summed E-state index contributed by atoms with van der Waals surface area (Å²) in [5.41, 5.74) is 0.449. The Morgan fingerprint density at radius 1 is 1.18 bits per heavy atom. The molecule has 0 aromatic rings. The molecule has 0 saturated heterocycles. The molecule has 17 heavy (non-hydrogen) atoms. The molecule has 1 aliphatic rings. The van der Waals surface area contributed by atoms with Crippen LogP contribution in [0.15, 0.2) is 0 Å². The summed E-state index contributed by atoms with van der Waals surface area (Å²) in [6.07, 6.45) is 3.67. The number of hydrogen-bond donors (Lipinski definition) is 1. The largest absolute Gasteiger partial charge is 0.354 e. The van der Waals surface area contributed by atoms with E-state index in [0.29, 0.717) is 11.5 Å². The Balaban J connectivity index is 2.50. The van der Waals surface area contributed by atoms with E-state index in [9.17, 15) is 0 Å². The maximum atomic E-state index is 5.30. The van der Waals surface area contributed by atoms with E-state index in [1.807, 2.05) is 0 Å². The van der Waals surface area contributed by atoms with E-state index >= 15 is 0 Å². The van der Waals surface area contributed by atoms with Crippen LogP contribution in [0, 0.1) is 11.3 Å². The summed E-state index contributed by atoms with van der Waals surface area (Å²) in [6, 6.07) is 0.813. The van der Waals surface area contributed by atoms with Gasteiger partial charge in [0.1, 0.15) is 0 Å². The van der Waals surface area contributed by atoms with Crippen LogP contribution in [0.25, 0.3) is 0 Å². The van der Waals surface area contributed by atoms with Gasteiger partial charge in [-0.25, -0.2) is 0 Å². The zero-order valence-electron chi connectivity index (χ0n) is 12.2. The molecule has 0 radical (unpaired) electrons. The van der Waals surface area contributed by atoms with Crippen molar-refractivity contribution < 1.29 is 9.47 Å². The van der Waals surface area contributed by atoms with Gasteiger partial charge >= 0.3 is 0 Å². The molecule has 3 nitrogen and oxygen atoms in total. The Morgan fingerprint density at radius 2 is 1.76 bits per heavy atom. The van der Waals surface area contributed by atoms with Gasteiger partial charge in [0.05, 0.1) is 6.04 Å². The fourth-order valence-corrected chi connectivity index (χ4v) is 3.43. The quantitative estimate of drug-likeness (QED) is 0.753. The molecule has 1 fully saturated rings. The number of rotatable bonds is 5. The molecule has 0 bridgehead atoms. The first kappa shape index (κ1) is 14.9. The van der Waals surface area contributed by atoms with Gasteiger partial charge in [-0.2, -0.15) is 0 Å². The molecule has 0 spiro atoms. The Labute approximate surface area is 106 Å². The fraction of sp³-hybridized carbons (Fsp3) is 1.00. The van der Waals surface area contributed by atoms with E-state index in [4.69, 9.17) is 9.47 Å². The van der Waals surface area contributed by atoms with E-state index < -0.39 is 0 Å². The smallest absolute Gasteiger partial charge is 0.171 e. The van der Waals surface area contributed by atoms with Crippen molar-refractivity contribution >= 4 is 0 Å². The van der Waals surface area contributed by atoms with Crippen molar-refractivity contribution in [2.45, 2.75) is 65.3 Å². The van der Waals surface area contributed by atoms with Crippen molar-refractivity contribution in [3.05, 3.63) is 0 Å². The van der Waals surface area contributed by atoms with Crippen LogP contribution >= 0.6 is 0 Å². The molecule has 0 aliphatic heterocycles. The lowest BCUT2D eigenvalue weighted by molar-refractivity contribution is -0.122. The van der Waals surface area contributed by atoms with Gasteiger partial charge in [0, 0.05) is 20.3 Å². The Kier molecular flexibility index (Phi) is 5.42. The highest BCUT2D eigenvalue weighted by atomic mass is 16.7. The molecule has 3 unspecified atom stereocenters. The van der Waals surface area contributed by atoms with Crippen LogP contribution in [0.1, 0.15) is 47.0 Å². The summed E-state index contributed by atoms with van der Waals surface area (Å²) in [6.45, 7) is 9.21. The lowest BCUT2D eigenvalue weighted by atomic mass is 9.70. The van der Waals surface area contributed by atoms with Gasteiger partial charge in [-0.3, -0.25) is 0 Å². The highest BCUT2D eigenvalue weighted by molar-refractivity contribution is 4.88. The second kappa shape index (κ2) is 6.17. The number of hydrogen-bond acceptors (Lipinski definition) is 3. The predicted molar refractivity (Wildman–Crippen MR) is 71.0 cm³/mol. The van der Waals surface area contributed by atoms with Crippen molar-refractivity contribution in [2.24, 2.45) is 11.3 Å². The topological polar surface area (TPSA) is 30.5 Å². The van der Waals surface area contributed by atoms with Crippen LogP contribution in [0.4, 0.5) is 0 Å². The van der Waals surface area contributed by atoms with Gasteiger partial charge in [-0.1, -0.05) is 20.8 Å². The van der Waals surface area contributed by atoms with Crippen molar-refractivity contribution in [1.82, 2.24) is 5.32 Å². The zero-order valence-corrected chi connectivity index (χ0v) is 12.2. The first-order valence-corrected chi connectivity index (χ1v) is 6.69. The molecule has 102 valence electrons. The minimum atomic E-state index is -0.157. The third-order valence-corrected chi connectivity index (χ3v) is 3.76. The molecular formula is C14H29NO2. The molecule has 1 rings (SSSR count). The molecular weight excluding hydrogens is 214 g/mol. The van der Waals surface area contributed by atoms with Gasteiger partial charge < -0.3 is 14.8 Å². The van der Waals surface area contributed by atoms with Crippen LogP contribution in [0.3, 0.4) is 0 Å². The number of methoxy groups -OCH3 is 2. The minimum absolute atomic E-state index is 0.157. The maximum Gasteiger partial charge on any atom is 0.171 e. The second-order valence-corrected chi connectivity index (χ2v) is 6.41. The molecule has 0 heterocycles. The number of ether oxygens (including phenoxy) is 2. The van der Waals surface area contributed by atoms with Crippen LogP contribution in [-0.2, 0) is 9.47 Å². The SMILES string of the molecule is COC(OC)C(C)NC1CC(C)CC(C)(C)C1. The van der Waals surface area contributed by atoms with E-state index in [-0.39, 0.29) is 12.3 Å². The molecule has 0 amide bonds. The lowest BCUT2D eigenvalue weighted by Crippen LogP contribution is -2.49. The highest BCUT2D eigenvalue weighted by Gasteiger charge is 2.33. The maximum absolute atomic E-state index is 5.30. The lowest BCUT2D eigenvalue weighted by Gasteiger charge is -2.41. The van der Waals surface area contributed by atoms with Crippen LogP contribution in [0.2, 0.25) is 0 Å². The van der Waals surface area contributed by atoms with Crippen molar-refractivity contribution in [3.8, 4) is 0 Å². The van der Waals surface area contributed by atoms with Gasteiger partial charge in [-0.15, -0.1) is 0 Å². The molecule has 3 atom stereocenters. The fourth-order valence-electron chi connectivity index (χ4n) is 3.43. The van der Waals surface area contributed by atoms with Crippen LogP contribution in [0.5, 0.6) is 0 Å². The standard InChI is InChI=1S/C14H29NO2/c1-10-7-12(9-14(3,4)8-10)15-11(2)13(16-5)17-6/h10-13,15H,7-9H2,1-6H3. The average molecular weight is 243 g/mol. The first-order chi connectivity index (χ1) is 7.88. The second-order valence-electron chi connectivity index (χ2n) is 6.41. The van der Waals surface area contributed by atoms with Crippen LogP contribution in [-0.4, -0.2) is 32.6 Å². The Bertz CT molecular complexity index is 226. The van der Waals surface area contributed by atoms with Gasteiger partial charge in [0.2, 0.25) is 0 Å². The van der Waals surface area contributed by atoms with Gasteiger partial charge in [0.15, 0.2) is 6.29 Å². The predicted octanol–water partition coefficient (Wildman–Crippen LogP) is 2.80. The highest BCUT2D eigenvalue weighted by Crippen LogP contribution is 2.38. The van der Waals surface area contributed by atoms with Gasteiger partial charge in [-0.05, 0) is 37.5 Å². The number of nitrogens with one attached hydrogen (secondary N) is 1. The van der Waals surface area contributed by atoms with Gasteiger partial charge in [0.25, 0.3) is 0 Å². The van der Waals surface area contributed by atoms with E-state index in [1.54, 1.807) is 14.2 Å². The molecule has 1 saturated carbocycles. The summed E-state index contributed by atoms with van der Waals surface area (Å²) in [5.74, 6) is 0.798. The van der Waals surface area contributed by atoms with Crippen molar-refractivity contribution in [3.63, 3.8) is 0 Å². The zero-order chi connectivity index (χ0) is 13.1. The van der Waals surface area contributed by atoms with Crippen molar-refractivity contribution in [2.75, 3.05) is 14.2 Å². The van der Waals surface area contributed by atoms with E-state index in [1.165, 1.54) is 19.3 Å². The van der Waals surface area contributed by atoms with Crippen LogP contribution < -0.4 is 5.32 Å². The minimum Gasteiger partial charge on any atom is -0.354 e. The summed E-state index contributed by atoms with van der Waals surface area (Å²) >= 11 is 0. The third kappa shape index (κ3) is 4.57. The third-order valence-electron chi connectivity index (χ3n) is 3.76. The molecule has 3 heteroatoms. The molecule has 0 aromatic heterocycles. The first-order valence-electron chi connectivity index (χ1n) is 6.69. The Hall–Kier alpha value is -0.120. The summed E-state index contributed by atoms with van der Waals surface area (Å²) in [7, 11) is 3.39. The van der Waals surface area contributed by atoms with Crippen molar-refractivity contribution in [1.29, 1.82) is 0 Å². The normalized spacial score (nSPS) is 30.5. The average Bonchev–Trinajstić information content (AvgIpc) is 2.15.